The van der Waals surface area contributed by atoms with Gasteiger partial charge in [0.2, 0.25) is 0 Å². The summed E-state index contributed by atoms with van der Waals surface area (Å²) in [4.78, 5) is 22.7. The smallest absolute Gasteiger partial charge is 0.331 e. The minimum atomic E-state index is -0.670. The molecule has 25 heavy (non-hydrogen) atoms. The lowest BCUT2D eigenvalue weighted by Crippen LogP contribution is -2.32. The maximum atomic E-state index is 11.8. The van der Waals surface area contributed by atoms with Crippen molar-refractivity contribution in [2.45, 2.75) is 6.23 Å². The molecular formula is C16H25N3O6. The fourth-order valence-electron chi connectivity index (χ4n) is 1.71. The van der Waals surface area contributed by atoms with Crippen molar-refractivity contribution < 1.29 is 28.5 Å². The predicted octanol–water partition coefficient (Wildman–Crippen LogP) is -0.755. The lowest BCUT2D eigenvalue weighted by Gasteiger charge is -2.14. The second-order valence-corrected chi connectivity index (χ2v) is 4.92. The highest BCUT2D eigenvalue weighted by atomic mass is 16.6. The number of methoxy groups -OCH3 is 1. The highest BCUT2D eigenvalue weighted by molar-refractivity contribution is 5.94. The van der Waals surface area contributed by atoms with E-state index in [1.54, 1.807) is 24.3 Å². The summed E-state index contributed by atoms with van der Waals surface area (Å²) in [6.45, 7) is 1.16. The number of amides is 1. The van der Waals surface area contributed by atoms with Gasteiger partial charge < -0.3 is 35.7 Å². The zero-order chi connectivity index (χ0) is 18.5. The number of nitrogens with one attached hydrogen (secondary N) is 1. The quantitative estimate of drug-likeness (QED) is 0.253. The summed E-state index contributed by atoms with van der Waals surface area (Å²) < 4.78 is 20.3. The lowest BCUT2D eigenvalue weighted by molar-refractivity contribution is -0.146. The van der Waals surface area contributed by atoms with Crippen LogP contribution in [0.4, 0.5) is 0 Å². The van der Waals surface area contributed by atoms with E-state index in [1.807, 2.05) is 0 Å². The average molecular weight is 355 g/mol. The fraction of sp³-hybridized carbons (Fsp3) is 0.500. The molecule has 0 aliphatic heterocycles. The highest BCUT2D eigenvalue weighted by Crippen LogP contribution is 2.13. The van der Waals surface area contributed by atoms with Crippen molar-refractivity contribution in [2.24, 2.45) is 11.5 Å². The van der Waals surface area contributed by atoms with Gasteiger partial charge >= 0.3 is 5.97 Å². The topological polar surface area (TPSA) is 135 Å². The third-order valence-corrected chi connectivity index (χ3v) is 2.95. The Labute approximate surface area is 146 Å². The molecule has 0 fully saturated rings. The second kappa shape index (κ2) is 12.2. The monoisotopic (exact) mass is 355 g/mol. The maximum absolute atomic E-state index is 11.8. The van der Waals surface area contributed by atoms with Crippen molar-refractivity contribution in [3.8, 4) is 5.75 Å². The first-order valence-corrected chi connectivity index (χ1v) is 7.79. The van der Waals surface area contributed by atoms with Crippen molar-refractivity contribution in [3.05, 3.63) is 29.8 Å². The summed E-state index contributed by atoms with van der Waals surface area (Å²) in [7, 11) is 1.28. The van der Waals surface area contributed by atoms with Crippen LogP contribution in [-0.2, 0) is 19.0 Å². The van der Waals surface area contributed by atoms with Crippen LogP contribution in [0.2, 0.25) is 0 Å². The average Bonchev–Trinajstić information content (AvgIpc) is 2.64. The van der Waals surface area contributed by atoms with Gasteiger partial charge in [0.15, 0.2) is 0 Å². The Hall–Kier alpha value is -2.20. The van der Waals surface area contributed by atoms with E-state index >= 15 is 0 Å². The molecule has 0 aliphatic rings. The van der Waals surface area contributed by atoms with Gasteiger partial charge in [-0.3, -0.25) is 4.79 Å². The molecule has 9 nitrogen and oxygen atoms in total. The number of rotatable bonds is 12. The first kappa shape index (κ1) is 20.8. The molecular weight excluding hydrogens is 330 g/mol. The lowest BCUT2D eigenvalue weighted by atomic mass is 10.2. The van der Waals surface area contributed by atoms with Gasteiger partial charge in [-0.15, -0.1) is 0 Å². The highest BCUT2D eigenvalue weighted by Gasteiger charge is 2.08. The van der Waals surface area contributed by atoms with Crippen molar-refractivity contribution in [2.75, 3.05) is 46.6 Å². The van der Waals surface area contributed by atoms with Crippen LogP contribution in [0.1, 0.15) is 10.4 Å². The summed E-state index contributed by atoms with van der Waals surface area (Å²) in [5.74, 6) is -0.177. The van der Waals surface area contributed by atoms with Crippen molar-refractivity contribution in [1.82, 2.24) is 5.32 Å². The summed E-state index contributed by atoms with van der Waals surface area (Å²) >= 11 is 0. The molecule has 1 amide bonds. The van der Waals surface area contributed by atoms with Crippen LogP contribution >= 0.6 is 0 Å². The predicted molar refractivity (Wildman–Crippen MR) is 90.1 cm³/mol. The molecule has 1 aromatic rings. The third-order valence-electron chi connectivity index (χ3n) is 2.95. The van der Waals surface area contributed by atoms with E-state index in [9.17, 15) is 9.59 Å². The van der Waals surface area contributed by atoms with Crippen molar-refractivity contribution in [3.63, 3.8) is 0 Å². The largest absolute Gasteiger partial charge is 0.489 e. The molecule has 1 rings (SSSR count). The molecule has 1 atom stereocenters. The Bertz CT molecular complexity index is 540. The minimum Gasteiger partial charge on any atom is -0.489 e. The maximum Gasteiger partial charge on any atom is 0.331 e. The van der Waals surface area contributed by atoms with Crippen LogP contribution in [0, 0.1) is 0 Å². The number of carbonyl (C=O) groups excluding carboxylic acids is 2. The van der Waals surface area contributed by atoms with E-state index in [0.29, 0.717) is 24.4 Å². The van der Waals surface area contributed by atoms with Gasteiger partial charge in [0.05, 0.1) is 20.3 Å². The zero-order valence-electron chi connectivity index (χ0n) is 14.2. The Balaban J connectivity index is 2.28. The van der Waals surface area contributed by atoms with Gasteiger partial charge in [-0.25, -0.2) is 4.79 Å². The van der Waals surface area contributed by atoms with Crippen LogP contribution in [0.25, 0.3) is 0 Å². The number of carbonyl (C=O) groups is 2. The van der Waals surface area contributed by atoms with Gasteiger partial charge in [0, 0.05) is 18.7 Å². The van der Waals surface area contributed by atoms with E-state index < -0.39 is 12.2 Å². The zero-order valence-corrected chi connectivity index (χ0v) is 14.2. The molecule has 5 N–H and O–H groups in total. The number of hydrogen-bond acceptors (Lipinski definition) is 8. The third kappa shape index (κ3) is 9.01. The van der Waals surface area contributed by atoms with Crippen LogP contribution in [0.15, 0.2) is 24.3 Å². The van der Waals surface area contributed by atoms with Gasteiger partial charge in [-0.2, -0.15) is 0 Å². The number of ether oxygens (including phenoxy) is 4. The molecule has 0 radical (unpaired) electrons. The van der Waals surface area contributed by atoms with Gasteiger partial charge in [0.1, 0.15) is 25.2 Å². The Morgan fingerprint density at radius 2 is 2.08 bits per heavy atom. The van der Waals surface area contributed by atoms with E-state index in [4.69, 9.17) is 25.7 Å². The molecule has 0 spiro atoms. The van der Waals surface area contributed by atoms with Gasteiger partial charge in [0.25, 0.3) is 5.91 Å². The standard InChI is InChI=1S/C16H25N3O6/c1-22-15(20)11-23-7-8-24-14(18)10-25-13-4-2-3-12(9-13)16(21)19-6-5-17/h2-4,9,14H,5-8,10-11,17-18H2,1H3,(H,19,21). The number of esters is 1. The first-order valence-electron chi connectivity index (χ1n) is 7.79. The summed E-state index contributed by atoms with van der Waals surface area (Å²) in [5, 5.41) is 2.68. The number of benzene rings is 1. The molecule has 1 aromatic carbocycles. The molecule has 0 bridgehead atoms. The Morgan fingerprint density at radius 3 is 2.80 bits per heavy atom. The second-order valence-electron chi connectivity index (χ2n) is 4.92. The van der Waals surface area contributed by atoms with Gasteiger partial charge in [-0.05, 0) is 18.2 Å². The first-order chi connectivity index (χ1) is 12.1. The molecule has 140 valence electrons. The van der Waals surface area contributed by atoms with E-state index in [1.165, 1.54) is 7.11 Å². The summed E-state index contributed by atoms with van der Waals surface area (Å²) in [5.41, 5.74) is 11.6. The van der Waals surface area contributed by atoms with Crippen LogP contribution in [0.5, 0.6) is 5.75 Å². The molecule has 0 aliphatic carbocycles. The van der Waals surface area contributed by atoms with Crippen LogP contribution < -0.4 is 21.5 Å². The number of nitrogens with two attached hydrogens (primary N) is 2. The van der Waals surface area contributed by atoms with Crippen LogP contribution in [-0.4, -0.2) is 64.7 Å². The summed E-state index contributed by atoms with van der Waals surface area (Å²) in [6.07, 6.45) is -0.670. The Kier molecular flexibility index (Phi) is 10.2. The molecule has 1 unspecified atom stereocenters. The summed E-state index contributed by atoms with van der Waals surface area (Å²) in [6, 6.07) is 6.71. The normalized spacial score (nSPS) is 11.6. The fourth-order valence-corrected chi connectivity index (χ4v) is 1.71. The van der Waals surface area contributed by atoms with Crippen LogP contribution in [0.3, 0.4) is 0 Å². The van der Waals surface area contributed by atoms with E-state index in [-0.39, 0.29) is 32.3 Å². The minimum absolute atomic E-state index is 0.102. The van der Waals surface area contributed by atoms with Gasteiger partial charge in [-0.1, -0.05) is 6.07 Å². The molecule has 9 heteroatoms. The molecule has 0 saturated carbocycles. The van der Waals surface area contributed by atoms with Crippen molar-refractivity contribution in [1.29, 1.82) is 0 Å². The molecule has 0 saturated heterocycles. The van der Waals surface area contributed by atoms with E-state index in [2.05, 4.69) is 10.1 Å². The molecule has 0 heterocycles. The molecule has 0 aromatic heterocycles. The van der Waals surface area contributed by atoms with E-state index in [0.717, 1.165) is 0 Å². The number of hydrogen-bond donors (Lipinski definition) is 3. The Morgan fingerprint density at radius 1 is 1.28 bits per heavy atom. The SMILES string of the molecule is COC(=O)COCCOC(N)COc1cccc(C(=O)NCCN)c1. The van der Waals surface area contributed by atoms with Crippen molar-refractivity contribution >= 4 is 11.9 Å².